The van der Waals surface area contributed by atoms with Crippen LogP contribution in [-0.2, 0) is 16.1 Å². The fourth-order valence-corrected chi connectivity index (χ4v) is 7.46. The molecule has 4 bridgehead atoms. The summed E-state index contributed by atoms with van der Waals surface area (Å²) in [6, 6.07) is 6.66. The fourth-order valence-electron chi connectivity index (χ4n) is 7.46. The van der Waals surface area contributed by atoms with E-state index in [2.05, 4.69) is 9.80 Å². The number of halogens is 1. The molecule has 4 saturated carbocycles. The minimum absolute atomic E-state index is 0.0143. The summed E-state index contributed by atoms with van der Waals surface area (Å²) in [7, 11) is 0. The van der Waals surface area contributed by atoms with Crippen LogP contribution in [0.5, 0.6) is 0 Å². The first-order valence-electron chi connectivity index (χ1n) is 12.9. The molecule has 4 aliphatic carbocycles. The minimum atomic E-state index is -0.236. The molecule has 180 valence electrons. The van der Waals surface area contributed by atoms with Gasteiger partial charge in [-0.15, -0.1) is 0 Å². The zero-order valence-electron chi connectivity index (χ0n) is 20.1. The maximum Gasteiger partial charge on any atom is 0.237 e. The second-order valence-corrected chi connectivity index (χ2v) is 11.5. The molecule has 6 heteroatoms. The van der Waals surface area contributed by atoms with Crippen molar-refractivity contribution in [2.75, 3.05) is 32.7 Å². The van der Waals surface area contributed by atoms with Crippen LogP contribution >= 0.6 is 0 Å². The van der Waals surface area contributed by atoms with E-state index in [0.29, 0.717) is 26.2 Å². The standard InChI is InChI=1S/C27H38FN3O2/c1-19(2)26(33)30-9-7-29(8-10-30)18-25(32)31(17-20-3-5-24(28)6-4-20)27-14-21-11-22(15-27)13-23(12-21)16-27/h3-6,19,21-23H,7-18H2,1-2H3. The first-order chi connectivity index (χ1) is 15.8. The third kappa shape index (κ3) is 4.68. The monoisotopic (exact) mass is 455 g/mol. The Kier molecular flexibility index (Phi) is 6.23. The zero-order chi connectivity index (χ0) is 23.2. The van der Waals surface area contributed by atoms with Crippen LogP contribution < -0.4 is 0 Å². The Labute approximate surface area is 197 Å². The van der Waals surface area contributed by atoms with Gasteiger partial charge in [0.05, 0.1) is 6.54 Å². The molecule has 0 spiro atoms. The van der Waals surface area contributed by atoms with Gasteiger partial charge in [-0.3, -0.25) is 14.5 Å². The van der Waals surface area contributed by atoms with E-state index in [9.17, 15) is 14.0 Å². The van der Waals surface area contributed by atoms with Crippen molar-refractivity contribution in [2.45, 2.75) is 64.5 Å². The highest BCUT2D eigenvalue weighted by Gasteiger charge is 2.54. The molecule has 0 atom stereocenters. The van der Waals surface area contributed by atoms with Crippen LogP contribution in [0.2, 0.25) is 0 Å². The minimum Gasteiger partial charge on any atom is -0.340 e. The number of piperazine rings is 1. The van der Waals surface area contributed by atoms with Crippen molar-refractivity contribution < 1.29 is 14.0 Å². The highest BCUT2D eigenvalue weighted by molar-refractivity contribution is 5.80. The molecule has 0 radical (unpaired) electrons. The smallest absolute Gasteiger partial charge is 0.237 e. The molecule has 0 aromatic heterocycles. The number of rotatable bonds is 6. The fraction of sp³-hybridized carbons (Fsp3) is 0.704. The first kappa shape index (κ1) is 22.8. The van der Waals surface area contributed by atoms with Crippen LogP contribution in [0, 0.1) is 29.5 Å². The topological polar surface area (TPSA) is 43.9 Å². The van der Waals surface area contributed by atoms with Crippen LogP contribution in [0.25, 0.3) is 0 Å². The van der Waals surface area contributed by atoms with E-state index in [4.69, 9.17) is 0 Å². The Morgan fingerprint density at radius 1 is 0.970 bits per heavy atom. The second-order valence-electron chi connectivity index (χ2n) is 11.5. The van der Waals surface area contributed by atoms with Crippen molar-refractivity contribution in [3.8, 4) is 0 Å². The molecule has 33 heavy (non-hydrogen) atoms. The van der Waals surface area contributed by atoms with Crippen LogP contribution in [0.1, 0.15) is 57.9 Å². The highest BCUT2D eigenvalue weighted by Crippen LogP contribution is 2.58. The van der Waals surface area contributed by atoms with Crippen molar-refractivity contribution in [3.05, 3.63) is 35.6 Å². The molecule has 6 rings (SSSR count). The Hall–Kier alpha value is -1.95. The Morgan fingerprint density at radius 3 is 2.03 bits per heavy atom. The van der Waals surface area contributed by atoms with Gasteiger partial charge in [0.15, 0.2) is 0 Å². The van der Waals surface area contributed by atoms with Gasteiger partial charge in [-0.1, -0.05) is 26.0 Å². The van der Waals surface area contributed by atoms with Crippen LogP contribution in [0.15, 0.2) is 24.3 Å². The van der Waals surface area contributed by atoms with E-state index in [-0.39, 0.29) is 29.1 Å². The van der Waals surface area contributed by atoms with E-state index in [0.717, 1.165) is 55.7 Å². The molecule has 0 N–H and O–H groups in total. The molecular formula is C27H38FN3O2. The van der Waals surface area contributed by atoms with E-state index in [1.54, 1.807) is 0 Å². The third-order valence-electron chi connectivity index (χ3n) is 8.67. The molecule has 0 unspecified atom stereocenters. The summed E-state index contributed by atoms with van der Waals surface area (Å²) in [5.74, 6) is 2.44. The average Bonchev–Trinajstić information content (AvgIpc) is 2.77. The van der Waals surface area contributed by atoms with Crippen molar-refractivity contribution in [2.24, 2.45) is 23.7 Å². The lowest BCUT2D eigenvalue weighted by Crippen LogP contribution is -2.62. The summed E-state index contributed by atoms with van der Waals surface area (Å²) in [5.41, 5.74) is 0.975. The second kappa shape index (κ2) is 9.01. The number of carbonyl (C=O) groups is 2. The third-order valence-corrected chi connectivity index (χ3v) is 8.67. The van der Waals surface area contributed by atoms with E-state index in [1.807, 2.05) is 30.9 Å². The van der Waals surface area contributed by atoms with E-state index < -0.39 is 0 Å². The highest BCUT2D eigenvalue weighted by atomic mass is 19.1. The molecule has 1 saturated heterocycles. The van der Waals surface area contributed by atoms with Crippen LogP contribution in [0.3, 0.4) is 0 Å². The maximum atomic E-state index is 13.9. The van der Waals surface area contributed by atoms with E-state index >= 15 is 0 Å². The number of hydrogen-bond acceptors (Lipinski definition) is 3. The number of amides is 2. The van der Waals surface area contributed by atoms with Gasteiger partial charge in [0.25, 0.3) is 0 Å². The average molecular weight is 456 g/mol. The van der Waals surface area contributed by atoms with Gasteiger partial charge in [-0.25, -0.2) is 4.39 Å². The number of benzene rings is 1. The Balaban J connectivity index is 1.31. The van der Waals surface area contributed by atoms with Gasteiger partial charge in [-0.05, 0) is 74.0 Å². The van der Waals surface area contributed by atoms with Crippen molar-refractivity contribution in [1.29, 1.82) is 0 Å². The van der Waals surface area contributed by atoms with Gasteiger partial charge in [0.1, 0.15) is 5.82 Å². The molecule has 5 nitrogen and oxygen atoms in total. The number of carbonyl (C=O) groups excluding carboxylic acids is 2. The Bertz CT molecular complexity index is 841. The molecule has 2 amide bonds. The summed E-state index contributed by atoms with van der Waals surface area (Å²) in [4.78, 5) is 32.5. The predicted molar refractivity (Wildman–Crippen MR) is 126 cm³/mol. The summed E-state index contributed by atoms with van der Waals surface area (Å²) in [6.07, 6.45) is 7.39. The van der Waals surface area contributed by atoms with Crippen molar-refractivity contribution in [3.63, 3.8) is 0 Å². The summed E-state index contributed by atoms with van der Waals surface area (Å²) in [6.45, 7) is 7.74. The number of hydrogen-bond donors (Lipinski definition) is 0. The lowest BCUT2D eigenvalue weighted by molar-refractivity contribution is -0.154. The maximum absolute atomic E-state index is 13.9. The van der Waals surface area contributed by atoms with Crippen molar-refractivity contribution in [1.82, 2.24) is 14.7 Å². The van der Waals surface area contributed by atoms with Crippen molar-refractivity contribution >= 4 is 11.8 Å². The van der Waals surface area contributed by atoms with Gasteiger partial charge >= 0.3 is 0 Å². The summed E-state index contributed by atoms with van der Waals surface area (Å²) < 4.78 is 13.5. The Morgan fingerprint density at radius 2 is 1.52 bits per heavy atom. The zero-order valence-corrected chi connectivity index (χ0v) is 20.1. The first-order valence-corrected chi connectivity index (χ1v) is 12.9. The molecule has 1 aromatic rings. The van der Waals surface area contributed by atoms with Gasteiger partial charge in [-0.2, -0.15) is 0 Å². The molecule has 1 aromatic carbocycles. The van der Waals surface area contributed by atoms with Crippen LogP contribution in [-0.4, -0.2) is 64.8 Å². The lowest BCUT2D eigenvalue weighted by atomic mass is 9.52. The summed E-state index contributed by atoms with van der Waals surface area (Å²) in [5, 5.41) is 0. The largest absolute Gasteiger partial charge is 0.340 e. The molecule has 5 fully saturated rings. The quantitative estimate of drug-likeness (QED) is 0.653. The van der Waals surface area contributed by atoms with Gasteiger partial charge in [0.2, 0.25) is 11.8 Å². The molecule has 1 aliphatic heterocycles. The normalized spacial score (nSPS) is 31.3. The lowest BCUT2D eigenvalue weighted by Gasteiger charge is -2.60. The summed E-state index contributed by atoms with van der Waals surface area (Å²) >= 11 is 0. The van der Waals surface area contributed by atoms with Gasteiger partial charge < -0.3 is 9.80 Å². The molecule has 1 heterocycles. The number of nitrogens with zero attached hydrogens (tertiary/aromatic N) is 3. The predicted octanol–water partition coefficient (Wildman–Crippen LogP) is 3.92. The SMILES string of the molecule is CC(C)C(=O)N1CCN(CC(=O)N(Cc2ccc(F)cc2)C23CC4CC(CC(C4)C2)C3)CC1. The van der Waals surface area contributed by atoms with Crippen LogP contribution in [0.4, 0.5) is 4.39 Å². The molecular weight excluding hydrogens is 417 g/mol. The van der Waals surface area contributed by atoms with E-state index in [1.165, 1.54) is 31.4 Å². The van der Waals surface area contributed by atoms with Gasteiger partial charge in [0, 0.05) is 44.2 Å². The molecule has 5 aliphatic rings.